The minimum absolute atomic E-state index is 0.150. The zero-order valence-electron chi connectivity index (χ0n) is 17.3. The first-order chi connectivity index (χ1) is 14.9. The van der Waals surface area contributed by atoms with E-state index in [0.717, 1.165) is 0 Å². The highest BCUT2D eigenvalue weighted by molar-refractivity contribution is 5.97. The molecule has 1 N–H and O–H groups in total. The van der Waals surface area contributed by atoms with Crippen molar-refractivity contribution in [1.82, 2.24) is 15.5 Å². The summed E-state index contributed by atoms with van der Waals surface area (Å²) < 4.78 is 29.4. The molecule has 1 heterocycles. The van der Waals surface area contributed by atoms with Crippen LogP contribution in [0.15, 0.2) is 53.1 Å². The predicted molar refractivity (Wildman–Crippen MR) is 109 cm³/mol. The molecule has 9 heteroatoms. The molecule has 0 aliphatic heterocycles. The van der Waals surface area contributed by atoms with Crippen LogP contribution in [0.2, 0.25) is 0 Å². The van der Waals surface area contributed by atoms with Crippen molar-refractivity contribution in [3.05, 3.63) is 65.7 Å². The van der Waals surface area contributed by atoms with Gasteiger partial charge in [-0.1, -0.05) is 31.1 Å². The van der Waals surface area contributed by atoms with Crippen LogP contribution in [0.3, 0.4) is 0 Å². The van der Waals surface area contributed by atoms with E-state index < -0.39 is 23.7 Å². The predicted octanol–water partition coefficient (Wildman–Crippen LogP) is 3.38. The van der Waals surface area contributed by atoms with Crippen LogP contribution in [0.5, 0.6) is 5.75 Å². The van der Waals surface area contributed by atoms with Crippen LogP contribution in [0.4, 0.5) is 4.39 Å². The summed E-state index contributed by atoms with van der Waals surface area (Å²) in [5.41, 5.74) is 0.534. The molecule has 3 rings (SSSR count). The van der Waals surface area contributed by atoms with Crippen LogP contribution in [0.1, 0.15) is 30.0 Å². The number of ether oxygens (including phenoxy) is 2. The van der Waals surface area contributed by atoms with Crippen LogP contribution >= 0.6 is 0 Å². The molecule has 0 aliphatic rings. The van der Waals surface area contributed by atoms with Crippen molar-refractivity contribution in [2.45, 2.75) is 26.5 Å². The maximum atomic E-state index is 13.8. The Balaban J connectivity index is 1.62. The third kappa shape index (κ3) is 5.44. The summed E-state index contributed by atoms with van der Waals surface area (Å²) >= 11 is 0. The molecule has 0 bridgehead atoms. The second-order valence-electron chi connectivity index (χ2n) is 7.03. The number of halogens is 1. The van der Waals surface area contributed by atoms with Crippen LogP contribution in [0, 0.1) is 11.7 Å². The van der Waals surface area contributed by atoms with Gasteiger partial charge in [-0.05, 0) is 42.3 Å². The minimum atomic E-state index is -0.972. The molecule has 0 spiro atoms. The number of nitrogens with one attached hydrogen (secondary N) is 1. The number of esters is 1. The maximum absolute atomic E-state index is 13.8. The highest BCUT2D eigenvalue weighted by atomic mass is 19.1. The van der Waals surface area contributed by atoms with Crippen LogP contribution in [0.25, 0.3) is 11.5 Å². The molecule has 1 atom stereocenters. The van der Waals surface area contributed by atoms with Crippen molar-refractivity contribution >= 4 is 11.9 Å². The van der Waals surface area contributed by atoms with Gasteiger partial charge in [0, 0.05) is 5.56 Å². The van der Waals surface area contributed by atoms with Gasteiger partial charge in [0.1, 0.15) is 17.6 Å². The van der Waals surface area contributed by atoms with Crippen molar-refractivity contribution in [3.8, 4) is 17.2 Å². The van der Waals surface area contributed by atoms with Gasteiger partial charge < -0.3 is 19.3 Å². The fourth-order valence-corrected chi connectivity index (χ4v) is 2.75. The summed E-state index contributed by atoms with van der Waals surface area (Å²) in [5, 5.41) is 6.32. The molecule has 0 fully saturated rings. The van der Waals surface area contributed by atoms with E-state index in [9.17, 15) is 14.0 Å². The number of nitrogens with zero attached hydrogens (tertiary/aromatic N) is 2. The van der Waals surface area contributed by atoms with Crippen molar-refractivity contribution in [2.75, 3.05) is 7.11 Å². The summed E-state index contributed by atoms with van der Waals surface area (Å²) in [7, 11) is 1.57. The molecule has 162 valence electrons. The van der Waals surface area contributed by atoms with Gasteiger partial charge in [-0.2, -0.15) is 4.98 Å². The first-order valence-electron chi connectivity index (χ1n) is 9.58. The Morgan fingerprint density at radius 1 is 1.13 bits per heavy atom. The second-order valence-corrected chi connectivity index (χ2v) is 7.03. The Bertz CT molecular complexity index is 1050. The van der Waals surface area contributed by atoms with Crippen molar-refractivity contribution in [2.24, 2.45) is 5.92 Å². The van der Waals surface area contributed by atoms with Crippen molar-refractivity contribution in [3.63, 3.8) is 0 Å². The summed E-state index contributed by atoms with van der Waals surface area (Å²) in [6, 6.07) is 11.6. The van der Waals surface area contributed by atoms with Gasteiger partial charge in [0.15, 0.2) is 6.61 Å². The second kappa shape index (κ2) is 9.84. The third-order valence-electron chi connectivity index (χ3n) is 4.47. The summed E-state index contributed by atoms with van der Waals surface area (Å²) in [6.45, 7) is 3.24. The number of carbonyl (C=O) groups is 2. The topological polar surface area (TPSA) is 104 Å². The third-order valence-corrected chi connectivity index (χ3v) is 4.47. The number of carbonyl (C=O) groups excluding carboxylic acids is 2. The quantitative estimate of drug-likeness (QED) is 0.550. The molecule has 8 nitrogen and oxygen atoms in total. The largest absolute Gasteiger partial charge is 0.497 e. The Kier molecular flexibility index (Phi) is 6.96. The fraction of sp³-hybridized carbons (Fsp3) is 0.273. The normalized spacial score (nSPS) is 11.8. The van der Waals surface area contributed by atoms with E-state index in [0.29, 0.717) is 11.3 Å². The number of aromatic nitrogens is 2. The molecule has 31 heavy (non-hydrogen) atoms. The summed E-state index contributed by atoms with van der Waals surface area (Å²) in [5.74, 6) is -1.22. The molecule has 0 saturated carbocycles. The Hall–Kier alpha value is -3.75. The van der Waals surface area contributed by atoms with Crippen LogP contribution in [-0.4, -0.2) is 35.2 Å². The lowest BCUT2D eigenvalue weighted by Gasteiger charge is -2.20. The van der Waals surface area contributed by atoms with Gasteiger partial charge in [-0.15, -0.1) is 0 Å². The molecule has 3 aromatic rings. The van der Waals surface area contributed by atoms with Gasteiger partial charge in [-0.25, -0.2) is 9.18 Å². The zero-order chi connectivity index (χ0) is 22.4. The van der Waals surface area contributed by atoms with Crippen LogP contribution < -0.4 is 10.1 Å². The lowest BCUT2D eigenvalue weighted by Crippen LogP contribution is -2.45. The van der Waals surface area contributed by atoms with Gasteiger partial charge in [0.2, 0.25) is 5.82 Å². The number of hydrogen-bond donors (Lipinski definition) is 1. The first-order valence-corrected chi connectivity index (χ1v) is 9.58. The Morgan fingerprint density at radius 2 is 1.84 bits per heavy atom. The molecular weight excluding hydrogens is 405 g/mol. The Labute approximate surface area is 178 Å². The van der Waals surface area contributed by atoms with Gasteiger partial charge in [-0.3, -0.25) is 4.79 Å². The summed E-state index contributed by atoms with van der Waals surface area (Å²) in [6.07, 6.45) is 0. The number of methoxy groups -OCH3 is 1. The smallest absolute Gasteiger partial charge is 0.329 e. The van der Waals surface area contributed by atoms with E-state index in [4.69, 9.17) is 14.0 Å². The van der Waals surface area contributed by atoms with E-state index in [1.54, 1.807) is 45.2 Å². The molecule has 0 aliphatic carbocycles. The van der Waals surface area contributed by atoms with Crippen molar-refractivity contribution in [1.29, 1.82) is 0 Å². The van der Waals surface area contributed by atoms with Gasteiger partial charge >= 0.3 is 5.97 Å². The fourth-order valence-electron chi connectivity index (χ4n) is 2.75. The summed E-state index contributed by atoms with van der Waals surface area (Å²) in [4.78, 5) is 29.1. The first kappa shape index (κ1) is 21.9. The Morgan fingerprint density at radius 3 is 2.48 bits per heavy atom. The lowest BCUT2D eigenvalue weighted by atomic mass is 10.0. The average Bonchev–Trinajstić information content (AvgIpc) is 3.25. The molecule has 0 radical (unpaired) electrons. The maximum Gasteiger partial charge on any atom is 0.329 e. The van der Waals surface area contributed by atoms with E-state index in [2.05, 4.69) is 15.5 Å². The molecule has 0 saturated heterocycles. The number of rotatable bonds is 8. The monoisotopic (exact) mass is 427 g/mol. The highest BCUT2D eigenvalue weighted by Crippen LogP contribution is 2.21. The zero-order valence-corrected chi connectivity index (χ0v) is 17.3. The number of hydrogen-bond acceptors (Lipinski definition) is 7. The minimum Gasteiger partial charge on any atom is -0.497 e. The molecular formula is C22H22FN3O5. The lowest BCUT2D eigenvalue weighted by molar-refractivity contribution is -0.148. The van der Waals surface area contributed by atoms with Crippen molar-refractivity contribution < 1.29 is 28.0 Å². The highest BCUT2D eigenvalue weighted by Gasteiger charge is 2.27. The van der Waals surface area contributed by atoms with Gasteiger partial charge in [0.05, 0.1) is 12.7 Å². The SMILES string of the molecule is COc1ccc(-c2nc(COC(=O)[C@@H](NC(=O)c3ccccc3F)C(C)C)no2)cc1. The molecule has 1 amide bonds. The molecule has 1 aromatic heterocycles. The van der Waals surface area contributed by atoms with Crippen LogP contribution in [-0.2, 0) is 16.1 Å². The number of amides is 1. The van der Waals surface area contributed by atoms with E-state index in [1.807, 2.05) is 0 Å². The molecule has 2 aromatic carbocycles. The van der Waals surface area contributed by atoms with E-state index in [-0.39, 0.29) is 29.8 Å². The standard InChI is InChI=1S/C22H22FN3O5/c1-13(2)19(25-20(27)16-6-4-5-7-17(16)23)22(28)30-12-18-24-21(31-26-18)14-8-10-15(29-3)11-9-14/h4-11,13,19H,12H2,1-3H3,(H,25,27)/t19-/m0/s1. The van der Waals surface area contributed by atoms with Gasteiger partial charge in [0.25, 0.3) is 11.8 Å². The average molecular weight is 427 g/mol. The van der Waals surface area contributed by atoms with E-state index in [1.165, 1.54) is 24.3 Å². The van der Waals surface area contributed by atoms with E-state index >= 15 is 0 Å². The molecule has 0 unspecified atom stereocenters. The number of benzene rings is 2.